The van der Waals surface area contributed by atoms with E-state index in [0.717, 1.165) is 23.8 Å². The topological polar surface area (TPSA) is 17.8 Å². The van der Waals surface area contributed by atoms with Crippen LogP contribution in [-0.2, 0) is 12.0 Å². The summed E-state index contributed by atoms with van der Waals surface area (Å²) in [5, 5.41) is 0. The molecule has 0 atom stereocenters. The second kappa shape index (κ2) is 3.84. The highest BCUT2D eigenvalue weighted by molar-refractivity contribution is 5.77. The maximum atomic E-state index is 4.68. The minimum Gasteiger partial charge on any atom is -0.328 e. The molecule has 0 N–H and O–H groups in total. The van der Waals surface area contributed by atoms with E-state index in [1.165, 1.54) is 23.9 Å². The van der Waals surface area contributed by atoms with Crippen LogP contribution in [0.3, 0.4) is 0 Å². The van der Waals surface area contributed by atoms with Crippen molar-refractivity contribution in [3.05, 3.63) is 29.6 Å². The summed E-state index contributed by atoms with van der Waals surface area (Å²) in [5.74, 6) is 2.04. The van der Waals surface area contributed by atoms with Gasteiger partial charge < -0.3 is 4.57 Å². The number of aryl methyl sites for hydroxylation is 1. The Morgan fingerprint density at radius 2 is 2.00 bits per heavy atom. The molecule has 0 spiro atoms. The molecule has 3 rings (SSSR count). The molecule has 0 radical (unpaired) electrons. The van der Waals surface area contributed by atoms with Crippen LogP contribution < -0.4 is 0 Å². The van der Waals surface area contributed by atoms with Gasteiger partial charge in [0.05, 0.1) is 11.0 Å². The number of hydrogen-bond donors (Lipinski definition) is 0. The summed E-state index contributed by atoms with van der Waals surface area (Å²) in [6.45, 7) is 10.1. The molecule has 1 aromatic heterocycles. The molecule has 2 heteroatoms. The summed E-state index contributed by atoms with van der Waals surface area (Å²) in [4.78, 5) is 4.68. The van der Waals surface area contributed by atoms with Gasteiger partial charge in [-0.1, -0.05) is 26.8 Å². The summed E-state index contributed by atoms with van der Waals surface area (Å²) in [6, 6.07) is 6.72. The minimum atomic E-state index is 0.205. The van der Waals surface area contributed by atoms with Crippen LogP contribution in [0.4, 0.5) is 0 Å². The molecule has 0 amide bonds. The van der Waals surface area contributed by atoms with Crippen LogP contribution in [0.1, 0.15) is 45.0 Å². The van der Waals surface area contributed by atoms with Crippen molar-refractivity contribution >= 4 is 11.0 Å². The predicted molar refractivity (Wildman–Crippen MR) is 75.9 cm³/mol. The van der Waals surface area contributed by atoms with Gasteiger partial charge in [0.15, 0.2) is 0 Å². The lowest BCUT2D eigenvalue weighted by molar-refractivity contribution is 0.589. The van der Waals surface area contributed by atoms with E-state index in [4.69, 9.17) is 0 Å². The second-order valence-electron chi connectivity index (χ2n) is 6.67. The number of rotatable bonds is 2. The maximum Gasteiger partial charge on any atom is 0.106 e. The van der Waals surface area contributed by atoms with E-state index < -0.39 is 0 Å². The third kappa shape index (κ3) is 2.05. The Labute approximate surface area is 109 Å². The first kappa shape index (κ1) is 11.8. The van der Waals surface area contributed by atoms with Crippen LogP contribution >= 0.6 is 0 Å². The highest BCUT2D eigenvalue weighted by Crippen LogP contribution is 2.33. The van der Waals surface area contributed by atoms with Crippen LogP contribution in [0.15, 0.2) is 18.2 Å². The van der Waals surface area contributed by atoms with Crippen LogP contribution in [0.25, 0.3) is 11.0 Å². The average Bonchev–Trinajstić information content (AvgIpc) is 3.03. The predicted octanol–water partition coefficient (Wildman–Crippen LogP) is 4.05. The monoisotopic (exact) mass is 242 g/mol. The average molecular weight is 242 g/mol. The van der Waals surface area contributed by atoms with Gasteiger partial charge in [-0.05, 0) is 48.8 Å². The molecule has 96 valence electrons. The Morgan fingerprint density at radius 1 is 1.28 bits per heavy atom. The summed E-state index contributed by atoms with van der Waals surface area (Å²) < 4.78 is 2.40. The zero-order valence-electron chi connectivity index (χ0n) is 11.8. The highest BCUT2D eigenvalue weighted by atomic mass is 15.1. The van der Waals surface area contributed by atoms with Crippen LogP contribution in [-0.4, -0.2) is 9.55 Å². The van der Waals surface area contributed by atoms with E-state index in [-0.39, 0.29) is 5.41 Å². The van der Waals surface area contributed by atoms with Gasteiger partial charge in [-0.2, -0.15) is 0 Å². The Morgan fingerprint density at radius 3 is 2.61 bits per heavy atom. The van der Waals surface area contributed by atoms with Gasteiger partial charge in [0.1, 0.15) is 5.82 Å². The van der Waals surface area contributed by atoms with E-state index in [1.807, 2.05) is 0 Å². The Bertz CT molecular complexity index is 583. The number of benzene rings is 1. The molecule has 0 unspecified atom stereocenters. The SMILES string of the molecule is Cc1nc2ccc(C(C)(C)C)cc2n1CC1CC1. The van der Waals surface area contributed by atoms with E-state index in [1.54, 1.807) is 0 Å². The van der Waals surface area contributed by atoms with Crippen molar-refractivity contribution in [2.24, 2.45) is 5.92 Å². The molecular formula is C16H22N2. The smallest absolute Gasteiger partial charge is 0.106 e. The molecule has 1 saturated carbocycles. The lowest BCUT2D eigenvalue weighted by atomic mass is 9.87. The van der Waals surface area contributed by atoms with Gasteiger partial charge in [-0.3, -0.25) is 0 Å². The van der Waals surface area contributed by atoms with Crippen molar-refractivity contribution in [1.29, 1.82) is 0 Å². The Kier molecular flexibility index (Phi) is 2.51. The number of nitrogens with zero attached hydrogens (tertiary/aromatic N) is 2. The minimum absolute atomic E-state index is 0.205. The van der Waals surface area contributed by atoms with Crippen molar-refractivity contribution in [3.8, 4) is 0 Å². The quantitative estimate of drug-likeness (QED) is 0.776. The van der Waals surface area contributed by atoms with Crippen molar-refractivity contribution in [1.82, 2.24) is 9.55 Å². The van der Waals surface area contributed by atoms with E-state index >= 15 is 0 Å². The molecular weight excluding hydrogens is 220 g/mol. The van der Waals surface area contributed by atoms with Gasteiger partial charge in [0.25, 0.3) is 0 Å². The number of imidazole rings is 1. The molecule has 0 saturated heterocycles. The maximum absolute atomic E-state index is 4.68. The summed E-state index contributed by atoms with van der Waals surface area (Å²) in [7, 11) is 0. The van der Waals surface area contributed by atoms with Gasteiger partial charge in [-0.15, -0.1) is 0 Å². The first-order valence-corrected chi connectivity index (χ1v) is 6.92. The fourth-order valence-electron chi connectivity index (χ4n) is 2.50. The van der Waals surface area contributed by atoms with Crippen molar-refractivity contribution < 1.29 is 0 Å². The molecule has 2 nitrogen and oxygen atoms in total. The van der Waals surface area contributed by atoms with Gasteiger partial charge in [0.2, 0.25) is 0 Å². The van der Waals surface area contributed by atoms with E-state index in [2.05, 4.69) is 55.4 Å². The molecule has 1 aliphatic carbocycles. The summed E-state index contributed by atoms with van der Waals surface area (Å²) >= 11 is 0. The third-order valence-corrected chi connectivity index (χ3v) is 3.94. The van der Waals surface area contributed by atoms with Crippen LogP contribution in [0.5, 0.6) is 0 Å². The second-order valence-corrected chi connectivity index (χ2v) is 6.67. The normalized spacial score (nSPS) is 16.4. The van der Waals surface area contributed by atoms with Crippen LogP contribution in [0, 0.1) is 12.8 Å². The molecule has 18 heavy (non-hydrogen) atoms. The molecule has 1 heterocycles. The largest absolute Gasteiger partial charge is 0.328 e. The fourth-order valence-corrected chi connectivity index (χ4v) is 2.50. The van der Waals surface area contributed by atoms with Crippen molar-refractivity contribution in [2.45, 2.75) is 52.5 Å². The van der Waals surface area contributed by atoms with Crippen molar-refractivity contribution in [3.63, 3.8) is 0 Å². The van der Waals surface area contributed by atoms with Gasteiger partial charge >= 0.3 is 0 Å². The molecule has 0 bridgehead atoms. The summed E-state index contributed by atoms with van der Waals surface area (Å²) in [5.41, 5.74) is 4.05. The van der Waals surface area contributed by atoms with Gasteiger partial charge in [0, 0.05) is 6.54 Å². The number of fused-ring (bicyclic) bond motifs is 1. The molecule has 1 fully saturated rings. The zero-order valence-corrected chi connectivity index (χ0v) is 11.8. The Balaban J connectivity index is 2.12. The van der Waals surface area contributed by atoms with Gasteiger partial charge in [-0.25, -0.2) is 4.98 Å². The number of aromatic nitrogens is 2. The first-order chi connectivity index (χ1) is 8.45. The standard InChI is InChI=1S/C16H22N2/c1-11-17-14-8-7-13(16(2,3)4)9-15(14)18(11)10-12-5-6-12/h7-9,12H,5-6,10H2,1-4H3. The molecule has 1 aromatic carbocycles. The zero-order chi connectivity index (χ0) is 12.9. The third-order valence-electron chi connectivity index (χ3n) is 3.94. The molecule has 0 aliphatic heterocycles. The first-order valence-electron chi connectivity index (χ1n) is 6.92. The van der Waals surface area contributed by atoms with Crippen LogP contribution in [0.2, 0.25) is 0 Å². The van der Waals surface area contributed by atoms with Crippen molar-refractivity contribution in [2.75, 3.05) is 0 Å². The number of hydrogen-bond acceptors (Lipinski definition) is 1. The molecule has 1 aliphatic rings. The highest BCUT2D eigenvalue weighted by Gasteiger charge is 2.24. The fraction of sp³-hybridized carbons (Fsp3) is 0.562. The lowest BCUT2D eigenvalue weighted by Gasteiger charge is -2.19. The lowest BCUT2D eigenvalue weighted by Crippen LogP contribution is -2.11. The Hall–Kier alpha value is -1.31. The van der Waals surface area contributed by atoms with E-state index in [0.29, 0.717) is 0 Å². The summed E-state index contributed by atoms with van der Waals surface area (Å²) in [6.07, 6.45) is 2.77. The van der Waals surface area contributed by atoms with E-state index in [9.17, 15) is 0 Å². The molecule has 2 aromatic rings.